The Labute approximate surface area is 142 Å². The maximum atomic E-state index is 5.96. The Hall–Kier alpha value is -2.12. The Balaban J connectivity index is 2.12. The number of aliphatic imine (C=N–C) groups is 2. The molecule has 1 fully saturated rings. The van der Waals surface area contributed by atoms with Gasteiger partial charge >= 0.3 is 0 Å². The molecule has 2 rings (SSSR count). The highest BCUT2D eigenvalue weighted by Gasteiger charge is 2.34. The van der Waals surface area contributed by atoms with Crippen molar-refractivity contribution in [1.82, 2.24) is 0 Å². The predicted octanol–water partition coefficient (Wildman–Crippen LogP) is 1.94. The van der Waals surface area contributed by atoms with Gasteiger partial charge in [-0.2, -0.15) is 0 Å². The van der Waals surface area contributed by atoms with Crippen molar-refractivity contribution in [2.45, 2.75) is 19.4 Å². The van der Waals surface area contributed by atoms with E-state index in [0.29, 0.717) is 55.0 Å². The molecule has 0 saturated carbocycles. The van der Waals surface area contributed by atoms with E-state index in [-0.39, 0.29) is 5.60 Å². The molecule has 0 amide bonds. The van der Waals surface area contributed by atoms with Crippen LogP contribution in [0.2, 0.25) is 0 Å². The number of nitrogens with zero attached hydrogens (tertiary/aromatic N) is 2. The highest BCUT2D eigenvalue weighted by atomic mass is 16.6. The molecule has 0 bridgehead atoms. The Kier molecular flexibility index (Phi) is 6.16. The summed E-state index contributed by atoms with van der Waals surface area (Å²) in [6.45, 7) is 5.95. The van der Waals surface area contributed by atoms with Crippen molar-refractivity contribution in [1.29, 1.82) is 0 Å². The van der Waals surface area contributed by atoms with E-state index in [4.69, 9.17) is 24.7 Å². The van der Waals surface area contributed by atoms with Gasteiger partial charge in [0.2, 0.25) is 0 Å². The fourth-order valence-electron chi connectivity index (χ4n) is 2.31. The van der Waals surface area contributed by atoms with Gasteiger partial charge in [0.15, 0.2) is 11.5 Å². The number of methoxy groups -OCH3 is 1. The zero-order chi connectivity index (χ0) is 17.6. The van der Waals surface area contributed by atoms with Crippen molar-refractivity contribution in [3.8, 4) is 11.5 Å². The molecule has 1 aromatic carbocycles. The molecular formula is C17H25N3O4. The topological polar surface area (TPSA) is 87.7 Å². The molecule has 0 radical (unpaired) electrons. The van der Waals surface area contributed by atoms with Crippen molar-refractivity contribution in [2.24, 2.45) is 15.7 Å². The SMILES string of the molecule is CC=Nc1cc(OC)c(OCCOC2(C)COC2)cc1C(N)=NC. The maximum absolute atomic E-state index is 5.96. The normalized spacial score (nSPS) is 16.9. The van der Waals surface area contributed by atoms with Crippen molar-refractivity contribution < 1.29 is 18.9 Å². The molecular weight excluding hydrogens is 310 g/mol. The minimum Gasteiger partial charge on any atom is -0.493 e. The molecule has 1 saturated heterocycles. The number of ether oxygens (including phenoxy) is 4. The first-order valence-corrected chi connectivity index (χ1v) is 7.81. The molecule has 7 heteroatoms. The summed E-state index contributed by atoms with van der Waals surface area (Å²) in [4.78, 5) is 8.34. The molecule has 0 atom stereocenters. The van der Waals surface area contributed by atoms with E-state index in [1.807, 2.05) is 13.8 Å². The fraction of sp³-hybridized carbons (Fsp3) is 0.529. The van der Waals surface area contributed by atoms with Crippen LogP contribution in [-0.2, 0) is 9.47 Å². The lowest BCUT2D eigenvalue weighted by molar-refractivity contribution is -0.201. The van der Waals surface area contributed by atoms with Gasteiger partial charge < -0.3 is 24.7 Å². The minimum atomic E-state index is -0.197. The molecule has 1 heterocycles. The fourth-order valence-corrected chi connectivity index (χ4v) is 2.31. The summed E-state index contributed by atoms with van der Waals surface area (Å²) < 4.78 is 22.1. The monoisotopic (exact) mass is 335 g/mol. The number of nitrogens with two attached hydrogens (primary N) is 1. The van der Waals surface area contributed by atoms with E-state index in [9.17, 15) is 0 Å². The van der Waals surface area contributed by atoms with Crippen LogP contribution < -0.4 is 15.2 Å². The van der Waals surface area contributed by atoms with Crippen molar-refractivity contribution in [3.05, 3.63) is 17.7 Å². The van der Waals surface area contributed by atoms with Crippen LogP contribution in [0.5, 0.6) is 11.5 Å². The Bertz CT molecular complexity index is 625. The first kappa shape index (κ1) is 18.2. The maximum Gasteiger partial charge on any atom is 0.162 e. The molecule has 24 heavy (non-hydrogen) atoms. The summed E-state index contributed by atoms with van der Waals surface area (Å²) in [5.41, 5.74) is 7.15. The molecule has 1 aromatic rings. The van der Waals surface area contributed by atoms with E-state index >= 15 is 0 Å². The minimum absolute atomic E-state index is 0.197. The summed E-state index contributed by atoms with van der Waals surface area (Å²) in [5.74, 6) is 1.55. The Morgan fingerprint density at radius 2 is 2.08 bits per heavy atom. The summed E-state index contributed by atoms with van der Waals surface area (Å²) >= 11 is 0. The lowest BCUT2D eigenvalue weighted by Crippen LogP contribution is -2.49. The van der Waals surface area contributed by atoms with Gasteiger partial charge in [0.1, 0.15) is 18.0 Å². The van der Waals surface area contributed by atoms with Gasteiger partial charge in [0.25, 0.3) is 0 Å². The highest BCUT2D eigenvalue weighted by Crippen LogP contribution is 2.35. The van der Waals surface area contributed by atoms with Gasteiger partial charge in [-0.25, -0.2) is 0 Å². The number of hydrogen-bond donors (Lipinski definition) is 1. The van der Waals surface area contributed by atoms with Crippen molar-refractivity contribution in [2.75, 3.05) is 40.6 Å². The summed E-state index contributed by atoms with van der Waals surface area (Å²) in [7, 11) is 3.22. The summed E-state index contributed by atoms with van der Waals surface area (Å²) in [6, 6.07) is 3.57. The van der Waals surface area contributed by atoms with Gasteiger partial charge in [-0.3, -0.25) is 9.98 Å². The van der Waals surface area contributed by atoms with Crippen LogP contribution in [0.25, 0.3) is 0 Å². The van der Waals surface area contributed by atoms with Gasteiger partial charge in [-0.05, 0) is 19.9 Å². The van der Waals surface area contributed by atoms with Crippen LogP contribution in [0.4, 0.5) is 5.69 Å². The van der Waals surface area contributed by atoms with Crippen LogP contribution in [0.15, 0.2) is 22.1 Å². The first-order valence-electron chi connectivity index (χ1n) is 7.81. The zero-order valence-electron chi connectivity index (χ0n) is 14.7. The van der Waals surface area contributed by atoms with Gasteiger partial charge in [-0.1, -0.05) is 0 Å². The molecule has 1 aliphatic heterocycles. The molecule has 0 aromatic heterocycles. The van der Waals surface area contributed by atoms with E-state index in [2.05, 4.69) is 9.98 Å². The van der Waals surface area contributed by atoms with Gasteiger partial charge in [0.05, 0.1) is 32.6 Å². The van der Waals surface area contributed by atoms with E-state index in [1.165, 1.54) is 0 Å². The number of rotatable bonds is 8. The van der Waals surface area contributed by atoms with Crippen molar-refractivity contribution >= 4 is 17.7 Å². The molecule has 2 N–H and O–H groups in total. The van der Waals surface area contributed by atoms with Crippen molar-refractivity contribution in [3.63, 3.8) is 0 Å². The molecule has 0 spiro atoms. The number of hydrogen-bond acceptors (Lipinski definition) is 6. The molecule has 132 valence electrons. The molecule has 0 unspecified atom stereocenters. The average Bonchev–Trinajstić information content (AvgIpc) is 2.57. The van der Waals surface area contributed by atoms with Crippen LogP contribution in [0.3, 0.4) is 0 Å². The van der Waals surface area contributed by atoms with E-state index in [0.717, 1.165) is 0 Å². The van der Waals surface area contributed by atoms with Gasteiger partial charge in [-0.15, -0.1) is 0 Å². The van der Waals surface area contributed by atoms with Gasteiger partial charge in [0, 0.05) is 24.9 Å². The lowest BCUT2D eigenvalue weighted by Gasteiger charge is -2.37. The smallest absolute Gasteiger partial charge is 0.162 e. The third kappa shape index (κ3) is 4.24. The highest BCUT2D eigenvalue weighted by molar-refractivity contribution is 6.03. The average molecular weight is 335 g/mol. The standard InChI is InChI=1S/C17H25N3O4/c1-5-20-13-9-14(21-4)15(8-12(13)16(18)19-3)23-6-7-24-17(2)10-22-11-17/h5,8-9H,6-7,10-11H2,1-4H3,(H2,18,19). The molecule has 1 aliphatic rings. The zero-order valence-corrected chi connectivity index (χ0v) is 14.7. The third-order valence-corrected chi connectivity index (χ3v) is 3.67. The van der Waals surface area contributed by atoms with E-state index < -0.39 is 0 Å². The lowest BCUT2D eigenvalue weighted by atomic mass is 10.1. The molecule has 7 nitrogen and oxygen atoms in total. The Morgan fingerprint density at radius 1 is 1.33 bits per heavy atom. The largest absolute Gasteiger partial charge is 0.493 e. The summed E-state index contributed by atoms with van der Waals surface area (Å²) in [6.07, 6.45) is 1.69. The van der Waals surface area contributed by atoms with E-state index in [1.54, 1.807) is 32.5 Å². The first-order chi connectivity index (χ1) is 11.5. The summed E-state index contributed by atoms with van der Waals surface area (Å²) in [5, 5.41) is 0. The molecule has 0 aliphatic carbocycles. The van der Waals surface area contributed by atoms with Crippen LogP contribution in [-0.4, -0.2) is 58.2 Å². The number of benzene rings is 1. The van der Waals surface area contributed by atoms with Crippen LogP contribution in [0.1, 0.15) is 19.4 Å². The predicted molar refractivity (Wildman–Crippen MR) is 94.1 cm³/mol. The number of amidine groups is 1. The second kappa shape index (κ2) is 8.12. The van der Waals surface area contributed by atoms with Crippen LogP contribution in [0, 0.1) is 0 Å². The van der Waals surface area contributed by atoms with Crippen LogP contribution >= 0.6 is 0 Å². The second-order valence-electron chi connectivity index (χ2n) is 5.66. The Morgan fingerprint density at radius 3 is 2.62 bits per heavy atom. The second-order valence-corrected chi connectivity index (χ2v) is 5.66. The quantitative estimate of drug-likeness (QED) is 0.445. The third-order valence-electron chi connectivity index (χ3n) is 3.67.